The van der Waals surface area contributed by atoms with Crippen LogP contribution >= 0.6 is 0 Å². The maximum atomic E-state index is 13.4. The van der Waals surface area contributed by atoms with E-state index in [2.05, 4.69) is 5.32 Å². The number of benzene rings is 1. The first-order chi connectivity index (χ1) is 7.95. The molecule has 0 heterocycles. The second-order valence-electron chi connectivity index (χ2n) is 3.12. The molecule has 0 radical (unpaired) electrons. The van der Waals surface area contributed by atoms with Gasteiger partial charge in [0.05, 0.1) is 0 Å². The van der Waals surface area contributed by atoms with Crippen molar-refractivity contribution < 1.29 is 22.4 Å². The summed E-state index contributed by atoms with van der Waals surface area (Å²) in [5.74, 6) is -7.92. The van der Waals surface area contributed by atoms with E-state index < -0.39 is 40.4 Å². The third-order valence-electron chi connectivity index (χ3n) is 2.08. The first-order valence-electron chi connectivity index (χ1n) is 4.77. The highest BCUT2D eigenvalue weighted by atomic mass is 19.2. The molecule has 17 heavy (non-hydrogen) atoms. The van der Waals surface area contributed by atoms with Crippen molar-refractivity contribution in [3.8, 4) is 0 Å². The minimum absolute atomic E-state index is 0.0781. The predicted molar refractivity (Wildman–Crippen MR) is 53.8 cm³/mol. The van der Waals surface area contributed by atoms with Gasteiger partial charge in [0.25, 0.3) is 5.91 Å². The fourth-order valence-electron chi connectivity index (χ4n) is 1.30. The SMILES string of the molecule is CCNC(=O)c1c(F)c(F)c(NC)c(F)c1F. The van der Waals surface area contributed by atoms with Crippen molar-refractivity contribution in [1.82, 2.24) is 5.32 Å². The van der Waals surface area contributed by atoms with Crippen LogP contribution in [0.15, 0.2) is 0 Å². The molecule has 94 valence electrons. The van der Waals surface area contributed by atoms with Gasteiger partial charge in [-0.3, -0.25) is 4.79 Å². The molecule has 0 spiro atoms. The summed E-state index contributed by atoms with van der Waals surface area (Å²) in [7, 11) is 1.10. The van der Waals surface area contributed by atoms with Crippen LogP contribution in [0.25, 0.3) is 0 Å². The zero-order chi connectivity index (χ0) is 13.2. The zero-order valence-corrected chi connectivity index (χ0v) is 9.13. The minimum Gasteiger partial charge on any atom is -0.383 e. The normalized spacial score (nSPS) is 10.2. The Morgan fingerprint density at radius 3 is 1.88 bits per heavy atom. The minimum atomic E-state index is -1.72. The van der Waals surface area contributed by atoms with Crippen molar-refractivity contribution in [2.75, 3.05) is 18.9 Å². The van der Waals surface area contributed by atoms with Gasteiger partial charge in [0.2, 0.25) is 0 Å². The van der Waals surface area contributed by atoms with Crippen LogP contribution in [-0.4, -0.2) is 19.5 Å². The molecule has 0 fully saturated rings. The van der Waals surface area contributed by atoms with Crippen molar-refractivity contribution in [3.63, 3.8) is 0 Å². The molecule has 7 heteroatoms. The van der Waals surface area contributed by atoms with Crippen LogP contribution in [0.5, 0.6) is 0 Å². The molecule has 3 nitrogen and oxygen atoms in total. The molecule has 1 rings (SSSR count). The number of hydrogen-bond acceptors (Lipinski definition) is 2. The summed E-state index contributed by atoms with van der Waals surface area (Å²) in [5, 5.41) is 4.04. The van der Waals surface area contributed by atoms with Crippen LogP contribution in [-0.2, 0) is 0 Å². The molecular formula is C10H10F4N2O. The van der Waals surface area contributed by atoms with Gasteiger partial charge in [-0.1, -0.05) is 0 Å². The van der Waals surface area contributed by atoms with Crippen LogP contribution in [0.1, 0.15) is 17.3 Å². The number of carbonyl (C=O) groups excluding carboxylic acids is 1. The van der Waals surface area contributed by atoms with Gasteiger partial charge in [-0.25, -0.2) is 17.6 Å². The fraction of sp³-hybridized carbons (Fsp3) is 0.300. The smallest absolute Gasteiger partial charge is 0.257 e. The van der Waals surface area contributed by atoms with Crippen molar-refractivity contribution >= 4 is 11.6 Å². The lowest BCUT2D eigenvalue weighted by Gasteiger charge is -2.11. The van der Waals surface area contributed by atoms with E-state index >= 15 is 0 Å². The Balaban J connectivity index is 3.48. The number of amides is 1. The molecular weight excluding hydrogens is 240 g/mol. The van der Waals surface area contributed by atoms with Crippen LogP contribution in [0.2, 0.25) is 0 Å². The Labute approximate surface area is 94.8 Å². The van der Waals surface area contributed by atoms with Gasteiger partial charge in [-0.2, -0.15) is 0 Å². The fourth-order valence-corrected chi connectivity index (χ4v) is 1.30. The number of nitrogens with one attached hydrogen (secondary N) is 2. The Morgan fingerprint density at radius 2 is 1.53 bits per heavy atom. The Kier molecular flexibility index (Phi) is 3.93. The Morgan fingerprint density at radius 1 is 1.06 bits per heavy atom. The average molecular weight is 250 g/mol. The van der Waals surface area contributed by atoms with Gasteiger partial charge in [0, 0.05) is 13.6 Å². The molecule has 0 atom stereocenters. The number of hydrogen-bond donors (Lipinski definition) is 2. The molecule has 2 N–H and O–H groups in total. The molecule has 1 amide bonds. The third kappa shape index (κ3) is 2.17. The van der Waals surface area contributed by atoms with E-state index in [9.17, 15) is 22.4 Å². The highest BCUT2D eigenvalue weighted by Gasteiger charge is 2.28. The van der Waals surface area contributed by atoms with Gasteiger partial charge in [-0.15, -0.1) is 0 Å². The summed E-state index contributed by atoms with van der Waals surface area (Å²) >= 11 is 0. The van der Waals surface area contributed by atoms with Gasteiger partial charge >= 0.3 is 0 Å². The summed E-state index contributed by atoms with van der Waals surface area (Å²) in [5.41, 5.74) is -2.21. The largest absolute Gasteiger partial charge is 0.383 e. The summed E-state index contributed by atoms with van der Waals surface area (Å²) in [6.07, 6.45) is 0. The molecule has 0 aliphatic heterocycles. The van der Waals surface area contributed by atoms with Crippen molar-refractivity contribution in [1.29, 1.82) is 0 Å². The van der Waals surface area contributed by atoms with E-state index in [1.165, 1.54) is 6.92 Å². The van der Waals surface area contributed by atoms with Crippen LogP contribution in [0.3, 0.4) is 0 Å². The summed E-state index contributed by atoms with van der Waals surface area (Å²) in [6, 6.07) is 0. The Hall–Kier alpha value is -1.79. The molecule has 1 aromatic carbocycles. The van der Waals surface area contributed by atoms with Crippen molar-refractivity contribution in [2.24, 2.45) is 0 Å². The second-order valence-corrected chi connectivity index (χ2v) is 3.12. The standard InChI is InChI=1S/C10H10F4N2O/c1-3-16-10(17)4-5(11)7(13)9(15-2)8(14)6(4)12/h15H,3H2,1-2H3,(H,16,17). The zero-order valence-electron chi connectivity index (χ0n) is 9.13. The maximum absolute atomic E-state index is 13.4. The third-order valence-corrected chi connectivity index (χ3v) is 2.08. The molecule has 0 aliphatic rings. The van der Waals surface area contributed by atoms with Crippen molar-refractivity contribution in [3.05, 3.63) is 28.8 Å². The first kappa shape index (κ1) is 13.3. The van der Waals surface area contributed by atoms with Gasteiger partial charge in [-0.05, 0) is 6.92 Å². The molecule has 0 saturated heterocycles. The molecule has 0 aliphatic carbocycles. The topological polar surface area (TPSA) is 41.1 Å². The summed E-state index contributed by atoms with van der Waals surface area (Å²) in [6.45, 7) is 1.58. The van der Waals surface area contributed by atoms with Crippen LogP contribution in [0, 0.1) is 23.3 Å². The van der Waals surface area contributed by atoms with Gasteiger partial charge < -0.3 is 10.6 Å². The van der Waals surface area contributed by atoms with Crippen LogP contribution in [0.4, 0.5) is 23.2 Å². The first-order valence-corrected chi connectivity index (χ1v) is 4.77. The number of rotatable bonds is 3. The van der Waals surface area contributed by atoms with E-state index in [0.29, 0.717) is 0 Å². The quantitative estimate of drug-likeness (QED) is 0.636. The van der Waals surface area contributed by atoms with Crippen molar-refractivity contribution in [2.45, 2.75) is 6.92 Å². The van der Waals surface area contributed by atoms with Gasteiger partial charge in [0.15, 0.2) is 23.3 Å². The molecule has 0 saturated carbocycles. The molecule has 0 aromatic heterocycles. The predicted octanol–water partition coefficient (Wildman–Crippen LogP) is 2.03. The number of anilines is 1. The molecule has 0 bridgehead atoms. The van der Waals surface area contributed by atoms with E-state index in [4.69, 9.17) is 0 Å². The second kappa shape index (κ2) is 5.03. The van der Waals surface area contributed by atoms with Crippen LogP contribution < -0.4 is 10.6 Å². The van der Waals surface area contributed by atoms with Gasteiger partial charge in [0.1, 0.15) is 11.3 Å². The Bertz CT molecular complexity index is 433. The van der Waals surface area contributed by atoms with E-state index in [0.717, 1.165) is 7.05 Å². The summed E-state index contributed by atoms with van der Waals surface area (Å²) in [4.78, 5) is 11.2. The van der Waals surface area contributed by atoms with E-state index in [-0.39, 0.29) is 6.54 Å². The average Bonchev–Trinajstić information content (AvgIpc) is 2.28. The monoisotopic (exact) mass is 250 g/mol. The highest BCUT2D eigenvalue weighted by Crippen LogP contribution is 2.27. The number of halogens is 4. The maximum Gasteiger partial charge on any atom is 0.257 e. The summed E-state index contributed by atoms with van der Waals surface area (Å²) < 4.78 is 53.3. The molecule has 1 aromatic rings. The lowest BCUT2D eigenvalue weighted by molar-refractivity contribution is 0.0945. The lowest BCUT2D eigenvalue weighted by Crippen LogP contribution is -2.26. The lowest BCUT2D eigenvalue weighted by atomic mass is 10.1. The number of carbonyl (C=O) groups is 1. The van der Waals surface area contributed by atoms with E-state index in [1.54, 1.807) is 0 Å². The van der Waals surface area contributed by atoms with E-state index in [1.807, 2.05) is 5.32 Å². The highest BCUT2D eigenvalue weighted by molar-refractivity contribution is 5.95. The molecule has 0 unspecified atom stereocenters.